The molecule has 1 amide bonds. The van der Waals surface area contributed by atoms with Gasteiger partial charge in [-0.2, -0.15) is 0 Å². The Kier molecular flexibility index (Phi) is 5.64. The van der Waals surface area contributed by atoms with Gasteiger partial charge in [0, 0.05) is 36.2 Å². The third-order valence-electron chi connectivity index (χ3n) is 4.58. The van der Waals surface area contributed by atoms with Gasteiger partial charge in [0.25, 0.3) is 5.69 Å². The monoisotopic (exact) mass is 404 g/mol. The Morgan fingerprint density at radius 1 is 1.29 bits per heavy atom. The molecule has 2 aromatic rings. The summed E-state index contributed by atoms with van der Waals surface area (Å²) in [6.07, 6.45) is 1.35. The van der Waals surface area contributed by atoms with Crippen LogP contribution >= 0.6 is 11.3 Å². The molecule has 2 heterocycles. The van der Waals surface area contributed by atoms with Gasteiger partial charge in [0.15, 0.2) is 0 Å². The molecule has 8 nitrogen and oxygen atoms in total. The quantitative estimate of drug-likeness (QED) is 0.550. The molecule has 150 valence electrons. The van der Waals surface area contributed by atoms with Crippen molar-refractivity contribution in [1.82, 2.24) is 15.1 Å². The second-order valence-corrected chi connectivity index (χ2v) is 8.95. The third kappa shape index (κ3) is 4.64. The van der Waals surface area contributed by atoms with Crippen LogP contribution in [0.25, 0.3) is 10.6 Å². The van der Waals surface area contributed by atoms with Crippen molar-refractivity contribution in [2.75, 3.05) is 13.1 Å². The minimum Gasteiger partial charge on any atom is -0.444 e. The Labute approximate surface area is 167 Å². The van der Waals surface area contributed by atoms with Crippen LogP contribution in [-0.2, 0) is 4.74 Å². The molecule has 1 aliphatic heterocycles. The van der Waals surface area contributed by atoms with Crippen molar-refractivity contribution < 1.29 is 14.5 Å². The van der Waals surface area contributed by atoms with Crippen molar-refractivity contribution in [3.63, 3.8) is 0 Å². The average Bonchev–Trinajstić information content (AvgIpc) is 3.10. The molecule has 3 rings (SSSR count). The van der Waals surface area contributed by atoms with E-state index in [1.165, 1.54) is 17.4 Å². The predicted octanol–water partition coefficient (Wildman–Crippen LogP) is 4.54. The number of benzene rings is 1. The number of amides is 1. The van der Waals surface area contributed by atoms with Gasteiger partial charge < -0.3 is 9.64 Å². The summed E-state index contributed by atoms with van der Waals surface area (Å²) in [7, 11) is 0. The van der Waals surface area contributed by atoms with Crippen LogP contribution < -0.4 is 0 Å². The lowest BCUT2D eigenvalue weighted by Gasteiger charge is -2.32. The summed E-state index contributed by atoms with van der Waals surface area (Å²) in [5.41, 5.74) is 1.04. The lowest BCUT2D eigenvalue weighted by atomic mass is 9.98. The number of nitro benzene ring substituents is 1. The van der Waals surface area contributed by atoms with Crippen LogP contribution in [-0.4, -0.2) is 44.8 Å². The number of aromatic nitrogens is 2. The number of carbonyl (C=O) groups is 1. The molecule has 1 aliphatic rings. The van der Waals surface area contributed by atoms with Gasteiger partial charge in [-0.15, -0.1) is 10.2 Å². The fraction of sp³-hybridized carbons (Fsp3) is 0.526. The van der Waals surface area contributed by atoms with Crippen molar-refractivity contribution in [3.05, 3.63) is 38.9 Å². The summed E-state index contributed by atoms with van der Waals surface area (Å²) in [4.78, 5) is 24.5. The van der Waals surface area contributed by atoms with E-state index in [1.54, 1.807) is 24.0 Å². The Morgan fingerprint density at radius 3 is 2.54 bits per heavy atom. The zero-order valence-electron chi connectivity index (χ0n) is 16.5. The summed E-state index contributed by atoms with van der Waals surface area (Å²) in [5, 5.41) is 21.3. The highest BCUT2D eigenvalue weighted by Crippen LogP contribution is 2.35. The molecule has 1 fully saturated rings. The smallest absolute Gasteiger partial charge is 0.410 e. The number of rotatable bonds is 3. The molecule has 0 bridgehead atoms. The van der Waals surface area contributed by atoms with Crippen LogP contribution in [0.15, 0.2) is 18.2 Å². The van der Waals surface area contributed by atoms with E-state index in [2.05, 4.69) is 10.2 Å². The molecule has 0 atom stereocenters. The number of hydrogen-bond acceptors (Lipinski definition) is 7. The zero-order valence-corrected chi connectivity index (χ0v) is 17.3. The maximum absolute atomic E-state index is 12.2. The molecule has 0 saturated carbocycles. The highest BCUT2D eigenvalue weighted by Gasteiger charge is 2.29. The van der Waals surface area contributed by atoms with Crippen LogP contribution in [0.5, 0.6) is 0 Å². The number of hydrogen-bond donors (Lipinski definition) is 0. The first kappa shape index (κ1) is 20.2. The number of ether oxygens (including phenoxy) is 1. The maximum atomic E-state index is 12.2. The fourth-order valence-corrected chi connectivity index (χ4v) is 4.15. The molecule has 1 saturated heterocycles. The molecule has 9 heteroatoms. The van der Waals surface area contributed by atoms with Crippen molar-refractivity contribution in [1.29, 1.82) is 0 Å². The average molecular weight is 404 g/mol. The fourth-order valence-electron chi connectivity index (χ4n) is 3.15. The van der Waals surface area contributed by atoms with E-state index in [-0.39, 0.29) is 22.6 Å². The van der Waals surface area contributed by atoms with Crippen molar-refractivity contribution >= 4 is 23.1 Å². The second kappa shape index (κ2) is 7.83. The van der Waals surface area contributed by atoms with Crippen molar-refractivity contribution in [2.45, 2.75) is 52.1 Å². The van der Waals surface area contributed by atoms with Gasteiger partial charge >= 0.3 is 6.09 Å². The summed E-state index contributed by atoms with van der Waals surface area (Å²) >= 11 is 1.51. The lowest BCUT2D eigenvalue weighted by Crippen LogP contribution is -2.41. The van der Waals surface area contributed by atoms with E-state index < -0.39 is 5.60 Å². The number of aryl methyl sites for hydroxylation is 1. The van der Waals surface area contributed by atoms with Crippen molar-refractivity contribution in [2.24, 2.45) is 0 Å². The topological polar surface area (TPSA) is 98.5 Å². The number of carbonyl (C=O) groups excluding carboxylic acids is 1. The van der Waals surface area contributed by atoms with Gasteiger partial charge in [0.1, 0.15) is 15.6 Å². The number of nitrogens with zero attached hydrogens (tertiary/aromatic N) is 4. The molecule has 0 radical (unpaired) electrons. The van der Waals surface area contributed by atoms with Crippen LogP contribution in [0, 0.1) is 17.0 Å². The molecule has 28 heavy (non-hydrogen) atoms. The highest BCUT2D eigenvalue weighted by molar-refractivity contribution is 7.14. The van der Waals surface area contributed by atoms with E-state index >= 15 is 0 Å². The summed E-state index contributed by atoms with van der Waals surface area (Å²) in [6.45, 7) is 8.56. The SMILES string of the molecule is Cc1cc(-c2nnc(C3CCN(C(=O)OC(C)(C)C)CC3)s2)ccc1[N+](=O)[O-]. The van der Waals surface area contributed by atoms with Gasteiger partial charge in [-0.3, -0.25) is 10.1 Å². The van der Waals surface area contributed by atoms with Gasteiger partial charge in [-0.05, 0) is 52.7 Å². The Hall–Kier alpha value is -2.55. The summed E-state index contributed by atoms with van der Waals surface area (Å²) < 4.78 is 5.43. The van der Waals surface area contributed by atoms with E-state index in [9.17, 15) is 14.9 Å². The summed E-state index contributed by atoms with van der Waals surface area (Å²) in [5.74, 6) is 0.254. The Bertz CT molecular complexity index is 882. The first-order valence-electron chi connectivity index (χ1n) is 9.21. The molecule has 0 N–H and O–H groups in total. The van der Waals surface area contributed by atoms with Gasteiger partial charge in [0.05, 0.1) is 4.92 Å². The van der Waals surface area contributed by atoms with Gasteiger partial charge in [-0.1, -0.05) is 11.3 Å². The van der Waals surface area contributed by atoms with Crippen LogP contribution in [0.2, 0.25) is 0 Å². The number of likely N-dealkylation sites (tertiary alicyclic amines) is 1. The standard InChI is InChI=1S/C19H24N4O4S/c1-12-11-14(5-6-15(12)23(25)26)17-21-20-16(28-17)13-7-9-22(10-8-13)18(24)27-19(2,3)4/h5-6,11,13H,7-10H2,1-4H3. The van der Waals surface area contributed by atoms with Gasteiger partial charge in [0.2, 0.25) is 0 Å². The molecule has 0 spiro atoms. The molecule has 0 aliphatic carbocycles. The van der Waals surface area contributed by atoms with E-state index in [1.807, 2.05) is 20.8 Å². The zero-order chi connectivity index (χ0) is 20.5. The molecular weight excluding hydrogens is 380 g/mol. The molecule has 1 aromatic heterocycles. The minimum absolute atomic E-state index is 0.100. The first-order chi connectivity index (χ1) is 13.1. The number of piperidine rings is 1. The lowest BCUT2D eigenvalue weighted by molar-refractivity contribution is -0.385. The van der Waals surface area contributed by atoms with Gasteiger partial charge in [-0.25, -0.2) is 4.79 Å². The minimum atomic E-state index is -0.495. The molecule has 1 aromatic carbocycles. The van der Waals surface area contributed by atoms with E-state index in [4.69, 9.17) is 4.74 Å². The second-order valence-electron chi connectivity index (χ2n) is 7.95. The van der Waals surface area contributed by atoms with E-state index in [0.29, 0.717) is 18.7 Å². The van der Waals surface area contributed by atoms with Crippen molar-refractivity contribution in [3.8, 4) is 10.6 Å². The van der Waals surface area contributed by atoms with E-state index in [0.717, 1.165) is 28.4 Å². The van der Waals surface area contributed by atoms with Crippen LogP contribution in [0.4, 0.5) is 10.5 Å². The third-order valence-corrected chi connectivity index (χ3v) is 5.71. The first-order valence-corrected chi connectivity index (χ1v) is 10.0. The predicted molar refractivity (Wildman–Crippen MR) is 107 cm³/mol. The van der Waals surface area contributed by atoms with Crippen LogP contribution in [0.1, 0.15) is 50.1 Å². The van der Waals surface area contributed by atoms with Crippen LogP contribution in [0.3, 0.4) is 0 Å². The number of nitro groups is 1. The summed E-state index contributed by atoms with van der Waals surface area (Å²) in [6, 6.07) is 4.99. The molecular formula is C19H24N4O4S. The Balaban J connectivity index is 1.65. The highest BCUT2D eigenvalue weighted by atomic mass is 32.1. The molecule has 0 unspecified atom stereocenters. The maximum Gasteiger partial charge on any atom is 0.410 e. The normalized spacial score (nSPS) is 15.5. The Morgan fingerprint density at radius 2 is 1.96 bits per heavy atom. The largest absolute Gasteiger partial charge is 0.444 e.